The Kier molecular flexibility index (Phi) is 9.69. The number of hydrogen-bond acceptors (Lipinski definition) is 6. The number of carbonyl (C=O) groups is 4. The Morgan fingerprint density at radius 1 is 0.880 bits per heavy atom. The first-order valence-electron chi connectivity index (χ1n) is 7.99. The highest BCUT2D eigenvalue weighted by Crippen LogP contribution is 2.05. The minimum atomic E-state index is -1.26. The molecule has 0 radical (unpaired) electrons. The Labute approximate surface area is 146 Å². The fourth-order valence-electron chi connectivity index (χ4n) is 1.87. The molecule has 0 aliphatic heterocycles. The molecular weight excluding hydrogens is 332 g/mol. The summed E-state index contributed by atoms with van der Waals surface area (Å²) in [5, 5.41) is 25.2. The third-order valence-corrected chi connectivity index (χ3v) is 3.30. The first-order valence-corrected chi connectivity index (χ1v) is 7.99. The minimum absolute atomic E-state index is 0.0542. The molecule has 10 nitrogen and oxygen atoms in total. The van der Waals surface area contributed by atoms with Crippen molar-refractivity contribution in [3.8, 4) is 0 Å². The van der Waals surface area contributed by atoms with Gasteiger partial charge >= 0.3 is 5.97 Å². The summed E-state index contributed by atoms with van der Waals surface area (Å²) in [7, 11) is 0. The SMILES string of the molecule is CC(C)CC(NC(=O)C(C)NC(=O)C(CO)NC(=O)C(C)N)C(=O)O. The number of aliphatic hydroxyl groups excluding tert-OH is 1. The summed E-state index contributed by atoms with van der Waals surface area (Å²) in [6.45, 7) is 5.74. The molecule has 0 aliphatic carbocycles. The van der Waals surface area contributed by atoms with Crippen molar-refractivity contribution in [2.24, 2.45) is 11.7 Å². The highest BCUT2D eigenvalue weighted by molar-refractivity contribution is 5.93. The number of carboxylic acid groups (broad SMARTS) is 1. The average Bonchev–Trinajstić information content (AvgIpc) is 2.50. The van der Waals surface area contributed by atoms with Gasteiger partial charge in [0, 0.05) is 0 Å². The normalized spacial score (nSPS) is 15.6. The van der Waals surface area contributed by atoms with Crippen LogP contribution in [0.25, 0.3) is 0 Å². The minimum Gasteiger partial charge on any atom is -0.480 e. The van der Waals surface area contributed by atoms with Crippen molar-refractivity contribution >= 4 is 23.7 Å². The molecule has 10 heteroatoms. The smallest absolute Gasteiger partial charge is 0.326 e. The lowest BCUT2D eigenvalue weighted by molar-refractivity contribution is -0.142. The second kappa shape index (κ2) is 10.6. The van der Waals surface area contributed by atoms with Gasteiger partial charge in [0.05, 0.1) is 12.6 Å². The van der Waals surface area contributed by atoms with Gasteiger partial charge in [-0.2, -0.15) is 0 Å². The van der Waals surface area contributed by atoms with Crippen LogP contribution in [0.4, 0.5) is 0 Å². The van der Waals surface area contributed by atoms with E-state index in [1.165, 1.54) is 13.8 Å². The van der Waals surface area contributed by atoms with Crippen LogP contribution in [0.2, 0.25) is 0 Å². The summed E-state index contributed by atoms with van der Waals surface area (Å²) in [5.74, 6) is -3.21. The second-order valence-corrected chi connectivity index (χ2v) is 6.29. The van der Waals surface area contributed by atoms with Crippen molar-refractivity contribution < 1.29 is 29.4 Å². The molecule has 0 aromatic carbocycles. The first-order chi connectivity index (χ1) is 11.5. The molecular formula is C15H28N4O6. The number of carboxylic acids is 1. The number of amides is 3. The van der Waals surface area contributed by atoms with Gasteiger partial charge in [-0.05, 0) is 26.2 Å². The number of aliphatic carboxylic acids is 1. The van der Waals surface area contributed by atoms with Gasteiger partial charge in [0.2, 0.25) is 17.7 Å². The highest BCUT2D eigenvalue weighted by Gasteiger charge is 2.27. The van der Waals surface area contributed by atoms with Crippen LogP contribution in [-0.4, -0.2) is 64.7 Å². The van der Waals surface area contributed by atoms with Crippen LogP contribution in [0.15, 0.2) is 0 Å². The molecule has 0 spiro atoms. The van der Waals surface area contributed by atoms with Gasteiger partial charge in [0.25, 0.3) is 0 Å². The van der Waals surface area contributed by atoms with Crippen LogP contribution >= 0.6 is 0 Å². The largest absolute Gasteiger partial charge is 0.480 e. The van der Waals surface area contributed by atoms with Crippen molar-refractivity contribution in [3.63, 3.8) is 0 Å². The van der Waals surface area contributed by atoms with Gasteiger partial charge in [-0.15, -0.1) is 0 Å². The molecule has 144 valence electrons. The summed E-state index contributed by atoms with van der Waals surface area (Å²) in [5.41, 5.74) is 5.37. The maximum Gasteiger partial charge on any atom is 0.326 e. The molecule has 4 unspecified atom stereocenters. The van der Waals surface area contributed by atoms with Gasteiger partial charge in [-0.3, -0.25) is 14.4 Å². The van der Waals surface area contributed by atoms with Crippen LogP contribution in [0.1, 0.15) is 34.1 Å². The Hall–Kier alpha value is -2.20. The molecule has 7 N–H and O–H groups in total. The number of hydrogen-bond donors (Lipinski definition) is 6. The van der Waals surface area contributed by atoms with Gasteiger partial charge in [0.15, 0.2) is 0 Å². The Balaban J connectivity index is 4.74. The molecule has 0 aromatic rings. The number of carbonyl (C=O) groups excluding carboxylic acids is 3. The maximum atomic E-state index is 12.1. The summed E-state index contributed by atoms with van der Waals surface area (Å²) < 4.78 is 0. The summed E-state index contributed by atoms with van der Waals surface area (Å²) in [6.07, 6.45) is 0.242. The van der Waals surface area contributed by atoms with Gasteiger partial charge in [0.1, 0.15) is 18.1 Å². The van der Waals surface area contributed by atoms with Crippen molar-refractivity contribution in [2.45, 2.75) is 58.3 Å². The highest BCUT2D eigenvalue weighted by atomic mass is 16.4. The summed E-state index contributed by atoms with van der Waals surface area (Å²) in [4.78, 5) is 46.7. The van der Waals surface area contributed by atoms with Crippen molar-refractivity contribution in [2.75, 3.05) is 6.61 Å². The monoisotopic (exact) mass is 360 g/mol. The van der Waals surface area contributed by atoms with E-state index in [4.69, 9.17) is 10.8 Å². The van der Waals surface area contributed by atoms with E-state index in [1.54, 1.807) is 0 Å². The molecule has 25 heavy (non-hydrogen) atoms. The number of aliphatic hydroxyl groups is 1. The van der Waals surface area contributed by atoms with Gasteiger partial charge in [-0.1, -0.05) is 13.8 Å². The van der Waals surface area contributed by atoms with E-state index < -0.39 is 54.5 Å². The average molecular weight is 360 g/mol. The molecule has 0 saturated carbocycles. The standard InChI is InChI=1S/C15H28N4O6/c1-7(2)5-10(15(24)25)18-13(22)9(4)17-14(23)11(6-20)19-12(21)8(3)16/h7-11,20H,5-6,16H2,1-4H3,(H,17,23)(H,18,22)(H,19,21)(H,24,25). The lowest BCUT2D eigenvalue weighted by Crippen LogP contribution is -2.57. The number of nitrogens with two attached hydrogens (primary N) is 1. The van der Waals surface area contributed by atoms with E-state index in [0.29, 0.717) is 0 Å². The third-order valence-electron chi connectivity index (χ3n) is 3.30. The first kappa shape index (κ1) is 22.8. The topological polar surface area (TPSA) is 171 Å². The summed E-state index contributed by atoms with van der Waals surface area (Å²) in [6, 6.07) is -4.25. The van der Waals surface area contributed by atoms with E-state index >= 15 is 0 Å². The maximum absolute atomic E-state index is 12.1. The molecule has 0 aromatic heterocycles. The Morgan fingerprint density at radius 3 is 1.80 bits per heavy atom. The van der Waals surface area contributed by atoms with Crippen molar-refractivity contribution in [3.05, 3.63) is 0 Å². The molecule has 0 aliphatic rings. The van der Waals surface area contributed by atoms with Crippen molar-refractivity contribution in [1.29, 1.82) is 0 Å². The fraction of sp³-hybridized carbons (Fsp3) is 0.733. The number of rotatable bonds is 10. The summed E-state index contributed by atoms with van der Waals surface area (Å²) >= 11 is 0. The Morgan fingerprint density at radius 2 is 1.40 bits per heavy atom. The van der Waals surface area contributed by atoms with Crippen molar-refractivity contribution in [1.82, 2.24) is 16.0 Å². The van der Waals surface area contributed by atoms with E-state index in [9.17, 15) is 24.3 Å². The van der Waals surface area contributed by atoms with Crippen LogP contribution in [0.3, 0.4) is 0 Å². The van der Waals surface area contributed by atoms with Gasteiger partial charge in [-0.25, -0.2) is 4.79 Å². The lowest BCUT2D eigenvalue weighted by atomic mass is 10.0. The molecule has 0 saturated heterocycles. The van der Waals surface area contributed by atoms with Crippen LogP contribution in [0.5, 0.6) is 0 Å². The van der Waals surface area contributed by atoms with Crippen LogP contribution < -0.4 is 21.7 Å². The Bertz CT molecular complexity index is 494. The third kappa shape index (κ3) is 8.45. The van der Waals surface area contributed by atoms with Gasteiger partial charge < -0.3 is 31.9 Å². The zero-order chi connectivity index (χ0) is 19.7. The van der Waals surface area contributed by atoms with Crippen LogP contribution in [-0.2, 0) is 19.2 Å². The lowest BCUT2D eigenvalue weighted by Gasteiger charge is -2.22. The zero-order valence-electron chi connectivity index (χ0n) is 14.9. The quantitative estimate of drug-likeness (QED) is 0.260. The molecule has 0 rings (SSSR count). The molecule has 3 amide bonds. The fourth-order valence-corrected chi connectivity index (χ4v) is 1.87. The van der Waals surface area contributed by atoms with E-state index in [-0.39, 0.29) is 12.3 Å². The van der Waals surface area contributed by atoms with E-state index in [0.717, 1.165) is 0 Å². The second-order valence-electron chi connectivity index (χ2n) is 6.29. The molecule has 0 fully saturated rings. The molecule has 0 heterocycles. The van der Waals surface area contributed by atoms with E-state index in [1.807, 2.05) is 13.8 Å². The zero-order valence-corrected chi connectivity index (χ0v) is 14.9. The molecule has 4 atom stereocenters. The number of nitrogens with one attached hydrogen (secondary N) is 3. The van der Waals surface area contributed by atoms with E-state index in [2.05, 4.69) is 16.0 Å². The molecule has 0 bridgehead atoms. The predicted molar refractivity (Wildman–Crippen MR) is 89.3 cm³/mol. The van der Waals surface area contributed by atoms with Crippen LogP contribution in [0, 0.1) is 5.92 Å². The predicted octanol–water partition coefficient (Wildman–Crippen LogP) is -2.07.